The van der Waals surface area contributed by atoms with Crippen LogP contribution >= 0.6 is 0 Å². The fourth-order valence-electron chi connectivity index (χ4n) is 0.680. The smallest absolute Gasteiger partial charge is 0.109 e. The largest absolute Gasteiger partial charge is 1.00 e. The summed E-state index contributed by atoms with van der Waals surface area (Å²) in [6.45, 7) is 4.17. The first-order valence-electron chi connectivity index (χ1n) is 4.68. The second-order valence-corrected chi connectivity index (χ2v) is 4.57. The minimum Gasteiger partial charge on any atom is -1.00 e. The Bertz CT molecular complexity index is 217. The Morgan fingerprint density at radius 3 is 1.31 bits per heavy atom. The summed E-state index contributed by atoms with van der Waals surface area (Å²) in [5, 5.41) is 0. The summed E-state index contributed by atoms with van der Waals surface area (Å²) in [7, 11) is 0. The first-order chi connectivity index (χ1) is 6.73. The topological polar surface area (TPSA) is 0 Å². The maximum atomic E-state index is 2.99. The minimum atomic E-state index is 0. The van der Waals surface area contributed by atoms with E-state index in [1.54, 1.807) is 0 Å². The fourth-order valence-corrected chi connectivity index (χ4v) is 0.680. The quantitative estimate of drug-likeness (QED) is 0.338. The van der Waals surface area contributed by atoms with Crippen LogP contribution in [-0.2, 0) is 20.0 Å². The zero-order valence-electron chi connectivity index (χ0n) is 9.63. The molecule has 0 heterocycles. The van der Waals surface area contributed by atoms with E-state index in [1.807, 2.05) is 24.3 Å². The first-order valence-corrected chi connectivity index (χ1v) is 5.47. The van der Waals surface area contributed by atoms with Gasteiger partial charge >= 0.3 is 37.6 Å². The molecule has 0 atom stereocenters. The van der Waals surface area contributed by atoms with E-state index in [9.17, 15) is 0 Å². The van der Waals surface area contributed by atoms with Crippen molar-refractivity contribution in [1.82, 2.24) is 0 Å². The molecule has 0 N–H and O–H groups in total. The molecule has 2 aliphatic rings. The van der Waals surface area contributed by atoms with Crippen LogP contribution in [0.25, 0.3) is 0 Å². The third-order valence-electron chi connectivity index (χ3n) is 1.17. The molecule has 0 nitrogen and oxygen atoms in total. The zero-order valence-corrected chi connectivity index (χ0v) is 12.7. The zero-order chi connectivity index (χ0) is 10.6. The Balaban J connectivity index is -0.000000151. The molecule has 0 bridgehead atoms. The van der Waals surface area contributed by atoms with Gasteiger partial charge in [0.25, 0.3) is 0 Å². The number of allylic oxidation sites excluding steroid dienone is 8. The van der Waals surface area contributed by atoms with Crippen LogP contribution < -0.4 is 24.8 Å². The van der Waals surface area contributed by atoms with Crippen molar-refractivity contribution < 1.29 is 44.8 Å². The summed E-state index contributed by atoms with van der Waals surface area (Å²) in [5.41, 5.74) is 0. The van der Waals surface area contributed by atoms with Crippen molar-refractivity contribution in [2.45, 2.75) is 26.7 Å². The van der Waals surface area contributed by atoms with Gasteiger partial charge in [0.2, 0.25) is 0 Å². The van der Waals surface area contributed by atoms with Gasteiger partial charge in [-0.3, -0.25) is 12.2 Å². The predicted molar refractivity (Wildman–Crippen MR) is 59.5 cm³/mol. The Hall–Kier alpha value is 0.124. The van der Waals surface area contributed by atoms with Crippen LogP contribution in [0.2, 0.25) is 0 Å². The molecular formula is C13H16Cl2Ti-2. The van der Waals surface area contributed by atoms with E-state index in [2.05, 4.69) is 58.1 Å². The maximum absolute atomic E-state index is 2.99. The Morgan fingerprint density at radius 1 is 0.938 bits per heavy atom. The Morgan fingerprint density at radius 2 is 1.25 bits per heavy atom. The molecule has 0 amide bonds. The van der Waals surface area contributed by atoms with E-state index in [1.165, 1.54) is 3.81 Å². The van der Waals surface area contributed by atoms with Crippen LogP contribution in [0.3, 0.4) is 0 Å². The van der Waals surface area contributed by atoms with Crippen LogP contribution in [0.1, 0.15) is 26.7 Å². The SMILES string of the molecule is C[C](C)=[Ti+2].[C-]1=CC=CC1.[C-]1=CC=CC1.[Cl-].[Cl-]. The maximum Gasteiger partial charge on any atom is -0.109 e. The molecule has 0 saturated carbocycles. The summed E-state index contributed by atoms with van der Waals surface area (Å²) in [4.78, 5) is 0. The molecule has 2 rings (SSSR count). The molecule has 0 aliphatic heterocycles. The second kappa shape index (κ2) is 17.5. The van der Waals surface area contributed by atoms with Crippen LogP contribution in [0.4, 0.5) is 0 Å². The van der Waals surface area contributed by atoms with Gasteiger partial charge in [-0.2, -0.15) is 12.2 Å². The summed E-state index contributed by atoms with van der Waals surface area (Å²) < 4.78 is 1.42. The van der Waals surface area contributed by atoms with E-state index < -0.39 is 0 Å². The van der Waals surface area contributed by atoms with E-state index in [-0.39, 0.29) is 24.8 Å². The average Bonchev–Trinajstić information content (AvgIpc) is 2.83. The molecule has 16 heavy (non-hydrogen) atoms. The van der Waals surface area contributed by atoms with Gasteiger partial charge in [-0.25, -0.2) is 24.3 Å². The second-order valence-electron chi connectivity index (χ2n) is 3.01. The van der Waals surface area contributed by atoms with Gasteiger partial charge in [0.05, 0.1) is 0 Å². The number of hydrogen-bond acceptors (Lipinski definition) is 0. The minimum absolute atomic E-state index is 0. The number of rotatable bonds is 0. The third kappa shape index (κ3) is 23.7. The molecule has 3 heteroatoms. The van der Waals surface area contributed by atoms with Gasteiger partial charge in [0.15, 0.2) is 0 Å². The van der Waals surface area contributed by atoms with Gasteiger partial charge in [-0.15, -0.1) is 12.8 Å². The van der Waals surface area contributed by atoms with E-state index >= 15 is 0 Å². The van der Waals surface area contributed by atoms with Gasteiger partial charge in [0, 0.05) is 0 Å². The van der Waals surface area contributed by atoms with Crippen LogP contribution in [0.15, 0.2) is 36.5 Å². The van der Waals surface area contributed by atoms with Crippen molar-refractivity contribution in [2.75, 3.05) is 0 Å². The van der Waals surface area contributed by atoms with Crippen molar-refractivity contribution in [2.24, 2.45) is 0 Å². The average molecular weight is 291 g/mol. The molecule has 0 aromatic carbocycles. The van der Waals surface area contributed by atoms with Crippen molar-refractivity contribution in [1.29, 1.82) is 0 Å². The van der Waals surface area contributed by atoms with Crippen molar-refractivity contribution >= 4 is 3.81 Å². The predicted octanol–water partition coefficient (Wildman–Crippen LogP) is -2.64. The molecular weight excluding hydrogens is 275 g/mol. The molecule has 88 valence electrons. The number of hydrogen-bond donors (Lipinski definition) is 0. The normalized spacial score (nSPS) is 12.8. The molecule has 0 unspecified atom stereocenters. The summed E-state index contributed by atoms with van der Waals surface area (Å²) in [6, 6.07) is 0. The molecule has 0 saturated heterocycles. The van der Waals surface area contributed by atoms with E-state index in [4.69, 9.17) is 0 Å². The van der Waals surface area contributed by atoms with Gasteiger partial charge < -0.3 is 24.8 Å². The van der Waals surface area contributed by atoms with E-state index in [0.29, 0.717) is 0 Å². The summed E-state index contributed by atoms with van der Waals surface area (Å²) >= 11 is 2.08. The van der Waals surface area contributed by atoms with Crippen LogP contribution in [-0.4, -0.2) is 3.81 Å². The Labute approximate surface area is 123 Å². The molecule has 0 spiro atoms. The monoisotopic (exact) mass is 290 g/mol. The summed E-state index contributed by atoms with van der Waals surface area (Å²) in [6.07, 6.45) is 20.0. The number of halogens is 2. The van der Waals surface area contributed by atoms with Crippen LogP contribution in [0, 0.1) is 12.2 Å². The molecule has 0 radical (unpaired) electrons. The fraction of sp³-hybridized carbons (Fsp3) is 0.308. The standard InChI is InChI=1S/2C5H5.C3H6.2ClH.Ti/c2*1-2-4-5-3-1;1-3-2;;;/h2*1-3H,4H2;1-2H3;2*1H;/q2*-1;;;;+2/p-2. The first kappa shape index (κ1) is 21.4. The summed E-state index contributed by atoms with van der Waals surface area (Å²) in [5.74, 6) is 0. The van der Waals surface area contributed by atoms with Crippen molar-refractivity contribution in [3.05, 3.63) is 48.6 Å². The van der Waals surface area contributed by atoms with Gasteiger partial charge in [0.1, 0.15) is 0 Å². The van der Waals surface area contributed by atoms with Gasteiger partial charge in [-0.1, -0.05) is 0 Å². The molecule has 0 fully saturated rings. The molecule has 0 aromatic heterocycles. The van der Waals surface area contributed by atoms with Crippen molar-refractivity contribution in [3.8, 4) is 0 Å². The Kier molecular flexibility index (Phi) is 23.4. The molecule has 2 aliphatic carbocycles. The van der Waals surface area contributed by atoms with E-state index in [0.717, 1.165) is 12.8 Å². The van der Waals surface area contributed by atoms with Crippen molar-refractivity contribution in [3.63, 3.8) is 0 Å². The third-order valence-corrected chi connectivity index (χ3v) is 1.17. The van der Waals surface area contributed by atoms with Gasteiger partial charge in [-0.05, 0) is 0 Å². The molecule has 0 aromatic rings. The van der Waals surface area contributed by atoms with Crippen LogP contribution in [0.5, 0.6) is 0 Å².